The number of hydrogen-bond acceptors (Lipinski definition) is 5. The Labute approximate surface area is 241 Å². The van der Waals surface area contributed by atoms with Crippen molar-refractivity contribution in [1.82, 2.24) is 15.5 Å². The van der Waals surface area contributed by atoms with Crippen LogP contribution in [0, 0.1) is 19.8 Å². The average Bonchev–Trinajstić information content (AvgIpc) is 2.82. The highest BCUT2D eigenvalue weighted by Crippen LogP contribution is 2.30. The van der Waals surface area contributed by atoms with Gasteiger partial charge in [-0.15, -0.1) is 0 Å². The van der Waals surface area contributed by atoms with Crippen LogP contribution < -0.4 is 16.4 Å². The number of nitrogens with one attached hydrogen (secondary N) is 2. The summed E-state index contributed by atoms with van der Waals surface area (Å²) in [6.07, 6.45) is 2.31. The predicted octanol–water partition coefficient (Wildman–Crippen LogP) is 5.07. The Balaban J connectivity index is 3.67. The molecule has 0 bridgehead atoms. The van der Waals surface area contributed by atoms with Gasteiger partial charge in [0.1, 0.15) is 17.7 Å². The molecule has 1 aromatic carbocycles. The van der Waals surface area contributed by atoms with Crippen LogP contribution in [0.1, 0.15) is 110 Å². The molecule has 0 radical (unpaired) electrons. The van der Waals surface area contributed by atoms with E-state index in [1.165, 1.54) is 0 Å². The summed E-state index contributed by atoms with van der Waals surface area (Å²) < 4.78 is 5.42. The van der Waals surface area contributed by atoms with E-state index in [0.29, 0.717) is 18.9 Å². The molecule has 9 heteroatoms. The fourth-order valence-corrected chi connectivity index (χ4v) is 4.52. The Morgan fingerprint density at radius 3 is 2.20 bits per heavy atom. The summed E-state index contributed by atoms with van der Waals surface area (Å²) in [5.41, 5.74) is 7.28. The molecule has 0 aliphatic carbocycles. The van der Waals surface area contributed by atoms with Crippen LogP contribution in [0.5, 0.6) is 0 Å². The van der Waals surface area contributed by atoms with Gasteiger partial charge in [0.05, 0.1) is 0 Å². The molecule has 0 spiro atoms. The number of carbonyl (C=O) groups excluding carboxylic acids is 4. The van der Waals surface area contributed by atoms with Crippen molar-refractivity contribution in [3.63, 3.8) is 0 Å². The van der Waals surface area contributed by atoms with Crippen molar-refractivity contribution in [3.05, 3.63) is 34.9 Å². The van der Waals surface area contributed by atoms with Gasteiger partial charge in [-0.05, 0) is 84.3 Å². The lowest BCUT2D eigenvalue weighted by atomic mass is 9.93. The van der Waals surface area contributed by atoms with Gasteiger partial charge in [0.15, 0.2) is 0 Å². The first-order valence-corrected chi connectivity index (χ1v) is 14.5. The zero-order valence-electron chi connectivity index (χ0n) is 26.1. The topological polar surface area (TPSA) is 131 Å². The smallest absolute Gasteiger partial charge is 0.408 e. The third-order valence-electron chi connectivity index (χ3n) is 6.64. The molecule has 40 heavy (non-hydrogen) atoms. The summed E-state index contributed by atoms with van der Waals surface area (Å²) in [5.74, 6) is -0.940. The maximum Gasteiger partial charge on any atom is 0.408 e. The second kappa shape index (κ2) is 16.2. The van der Waals surface area contributed by atoms with E-state index >= 15 is 0 Å². The van der Waals surface area contributed by atoms with Gasteiger partial charge in [-0.25, -0.2) is 4.79 Å². The van der Waals surface area contributed by atoms with Crippen molar-refractivity contribution < 1.29 is 23.9 Å². The Kier molecular flexibility index (Phi) is 14.2. The highest BCUT2D eigenvalue weighted by Gasteiger charge is 2.39. The molecule has 3 unspecified atom stereocenters. The van der Waals surface area contributed by atoms with E-state index < -0.39 is 35.6 Å². The Hall–Kier alpha value is -3.10. The van der Waals surface area contributed by atoms with E-state index in [-0.39, 0.29) is 24.8 Å². The van der Waals surface area contributed by atoms with Crippen LogP contribution in [0.25, 0.3) is 0 Å². The minimum absolute atomic E-state index is 0.0160. The summed E-state index contributed by atoms with van der Waals surface area (Å²) in [5, 5.41) is 5.68. The first-order valence-electron chi connectivity index (χ1n) is 14.5. The van der Waals surface area contributed by atoms with Crippen molar-refractivity contribution in [3.8, 4) is 0 Å². The fourth-order valence-electron chi connectivity index (χ4n) is 4.52. The normalized spacial score (nSPS) is 13.8. The van der Waals surface area contributed by atoms with Gasteiger partial charge in [0.25, 0.3) is 0 Å². The molecule has 1 aromatic rings. The zero-order chi connectivity index (χ0) is 30.6. The van der Waals surface area contributed by atoms with Gasteiger partial charge in [-0.1, -0.05) is 51.0 Å². The molecule has 4 amide bonds. The van der Waals surface area contributed by atoms with E-state index in [9.17, 15) is 19.2 Å². The standard InChI is InChI=1S/C31H52N4O5/c1-10-11-18-33-28(37)27(24-15-13-21(4)19-22(24)5)35(23(6)14-12-20(2)3)29(38)25(16-17-26(32)36)34-30(39)40-31(7,8)9/h13,15,19-20,23,25,27H,10-12,14,16-18H2,1-9H3,(H2,32,36)(H,33,37)(H,34,39). The number of rotatable bonds is 15. The van der Waals surface area contributed by atoms with Crippen LogP contribution in [-0.2, 0) is 19.1 Å². The van der Waals surface area contributed by atoms with E-state index in [4.69, 9.17) is 10.5 Å². The van der Waals surface area contributed by atoms with Crippen molar-refractivity contribution in [2.75, 3.05) is 6.54 Å². The molecular weight excluding hydrogens is 508 g/mol. The second-order valence-electron chi connectivity index (χ2n) is 12.2. The molecule has 0 aliphatic heterocycles. The van der Waals surface area contributed by atoms with Gasteiger partial charge < -0.3 is 26.0 Å². The van der Waals surface area contributed by atoms with Crippen molar-refractivity contribution >= 4 is 23.8 Å². The highest BCUT2D eigenvalue weighted by molar-refractivity contribution is 5.93. The predicted molar refractivity (Wildman–Crippen MR) is 159 cm³/mol. The monoisotopic (exact) mass is 560 g/mol. The summed E-state index contributed by atoms with van der Waals surface area (Å²) in [6, 6.07) is 3.44. The number of amides is 4. The molecule has 4 N–H and O–H groups in total. The number of ether oxygens (including phenoxy) is 1. The average molecular weight is 561 g/mol. The van der Waals surface area contributed by atoms with Gasteiger partial charge >= 0.3 is 6.09 Å². The molecule has 0 saturated heterocycles. The van der Waals surface area contributed by atoms with Crippen molar-refractivity contribution in [2.45, 2.75) is 125 Å². The number of aryl methyl sites for hydroxylation is 2. The fraction of sp³-hybridized carbons (Fsp3) is 0.677. The summed E-state index contributed by atoms with van der Waals surface area (Å²) >= 11 is 0. The van der Waals surface area contributed by atoms with Gasteiger partial charge in [0, 0.05) is 19.0 Å². The second-order valence-corrected chi connectivity index (χ2v) is 12.2. The van der Waals surface area contributed by atoms with Gasteiger partial charge in [-0.3, -0.25) is 14.4 Å². The molecule has 0 fully saturated rings. The molecule has 226 valence electrons. The first-order chi connectivity index (χ1) is 18.6. The summed E-state index contributed by atoms with van der Waals surface area (Å²) in [7, 11) is 0. The number of nitrogens with zero attached hydrogens (tertiary/aromatic N) is 1. The van der Waals surface area contributed by atoms with Crippen LogP contribution >= 0.6 is 0 Å². The summed E-state index contributed by atoms with van der Waals surface area (Å²) in [6.45, 7) is 17.8. The Morgan fingerprint density at radius 1 is 1.02 bits per heavy atom. The minimum Gasteiger partial charge on any atom is -0.444 e. The number of hydrogen-bond donors (Lipinski definition) is 3. The molecule has 3 atom stereocenters. The van der Waals surface area contributed by atoms with Crippen LogP contribution in [0.15, 0.2) is 18.2 Å². The van der Waals surface area contributed by atoms with E-state index in [0.717, 1.165) is 36.0 Å². The maximum atomic E-state index is 14.4. The van der Waals surface area contributed by atoms with E-state index in [1.54, 1.807) is 25.7 Å². The van der Waals surface area contributed by atoms with Gasteiger partial charge in [-0.2, -0.15) is 0 Å². The van der Waals surface area contributed by atoms with E-state index in [2.05, 4.69) is 24.5 Å². The maximum absolute atomic E-state index is 14.4. The lowest BCUT2D eigenvalue weighted by molar-refractivity contribution is -0.145. The lowest BCUT2D eigenvalue weighted by Crippen LogP contribution is -2.56. The molecule has 0 heterocycles. The third-order valence-corrected chi connectivity index (χ3v) is 6.64. The molecule has 0 aliphatic rings. The molecule has 1 rings (SSSR count). The number of carbonyl (C=O) groups is 4. The molecule has 0 saturated carbocycles. The largest absolute Gasteiger partial charge is 0.444 e. The van der Waals surface area contributed by atoms with E-state index in [1.807, 2.05) is 45.9 Å². The Morgan fingerprint density at radius 2 is 1.68 bits per heavy atom. The van der Waals surface area contributed by atoms with Crippen LogP contribution in [0.3, 0.4) is 0 Å². The van der Waals surface area contributed by atoms with Crippen LogP contribution in [-0.4, -0.2) is 52.9 Å². The molecule has 9 nitrogen and oxygen atoms in total. The lowest BCUT2D eigenvalue weighted by Gasteiger charge is -2.39. The minimum atomic E-state index is -1.11. The third kappa shape index (κ3) is 12.0. The molecule has 0 aromatic heterocycles. The van der Waals surface area contributed by atoms with Crippen LogP contribution in [0.4, 0.5) is 4.79 Å². The summed E-state index contributed by atoms with van der Waals surface area (Å²) in [4.78, 5) is 54.3. The number of alkyl carbamates (subject to hydrolysis) is 1. The van der Waals surface area contributed by atoms with Crippen molar-refractivity contribution in [2.24, 2.45) is 11.7 Å². The number of nitrogens with two attached hydrogens (primary N) is 1. The zero-order valence-corrected chi connectivity index (χ0v) is 26.1. The SMILES string of the molecule is CCCCNC(=O)C(c1ccc(C)cc1C)N(C(=O)C(CCC(N)=O)NC(=O)OC(C)(C)C)C(C)CCC(C)C. The van der Waals surface area contributed by atoms with Crippen molar-refractivity contribution in [1.29, 1.82) is 0 Å². The first kappa shape index (κ1) is 34.9. The molecular formula is C31H52N4O5. The number of benzene rings is 1. The van der Waals surface area contributed by atoms with Crippen LogP contribution in [0.2, 0.25) is 0 Å². The highest BCUT2D eigenvalue weighted by atomic mass is 16.6. The number of primary amides is 1. The van der Waals surface area contributed by atoms with Gasteiger partial charge in [0.2, 0.25) is 17.7 Å². The number of unbranched alkanes of at least 4 members (excludes halogenated alkanes) is 1. The Bertz CT molecular complexity index is 1000. The quantitative estimate of drug-likeness (QED) is 0.258.